The first-order valence-electron chi connectivity index (χ1n) is 8.77. The largest absolute Gasteiger partial charge is 0.385 e. The molecule has 1 heterocycles. The summed E-state index contributed by atoms with van der Waals surface area (Å²) in [4.78, 5) is 12.3. The Labute approximate surface area is 153 Å². The van der Waals surface area contributed by atoms with Crippen LogP contribution in [0.15, 0.2) is 66.9 Å². The second-order valence-corrected chi connectivity index (χ2v) is 5.90. The zero-order valence-electron chi connectivity index (χ0n) is 14.8. The minimum atomic E-state index is -0.311. The summed E-state index contributed by atoms with van der Waals surface area (Å²) in [7, 11) is 0. The molecule has 26 heavy (non-hydrogen) atoms. The lowest BCUT2D eigenvalue weighted by Gasteiger charge is -2.11. The molecule has 134 valence electrons. The average Bonchev–Trinajstić information content (AvgIpc) is 3.12. The number of carbonyl (C=O) groups excluding carboxylic acids is 1. The smallest absolute Gasteiger partial charge is 0.324 e. The highest BCUT2D eigenvalue weighted by Gasteiger charge is 2.08. The number of hydrogen-bond donors (Lipinski definition) is 3. The number of urea groups is 1. The Bertz CT molecular complexity index is 827. The molecule has 6 nitrogen and oxygen atoms in total. The van der Waals surface area contributed by atoms with Gasteiger partial charge in [-0.3, -0.25) is 5.32 Å². The number of nitrogens with zero attached hydrogens (tertiary/aromatic N) is 2. The van der Waals surface area contributed by atoms with Crippen molar-refractivity contribution in [3.8, 4) is 5.69 Å². The van der Waals surface area contributed by atoms with Crippen LogP contribution in [-0.2, 0) is 0 Å². The Balaban J connectivity index is 1.59. The molecule has 0 radical (unpaired) electrons. The molecule has 2 amide bonds. The third-order valence-electron chi connectivity index (χ3n) is 3.89. The van der Waals surface area contributed by atoms with Gasteiger partial charge in [-0.2, -0.15) is 5.10 Å². The van der Waals surface area contributed by atoms with Crippen molar-refractivity contribution in [3.05, 3.63) is 66.9 Å². The van der Waals surface area contributed by atoms with Crippen LogP contribution in [0, 0.1) is 0 Å². The number of rotatable bonds is 7. The van der Waals surface area contributed by atoms with Crippen LogP contribution in [0.1, 0.15) is 19.8 Å². The van der Waals surface area contributed by atoms with E-state index in [0.717, 1.165) is 36.4 Å². The number of anilines is 3. The molecule has 1 aromatic heterocycles. The Hall–Kier alpha value is -3.28. The van der Waals surface area contributed by atoms with E-state index in [9.17, 15) is 4.79 Å². The molecule has 6 heteroatoms. The van der Waals surface area contributed by atoms with Crippen molar-refractivity contribution in [1.82, 2.24) is 9.78 Å². The lowest BCUT2D eigenvalue weighted by molar-refractivity contribution is 0.262. The normalized spacial score (nSPS) is 10.3. The third-order valence-corrected chi connectivity index (χ3v) is 3.89. The monoisotopic (exact) mass is 349 g/mol. The van der Waals surface area contributed by atoms with Crippen LogP contribution in [0.5, 0.6) is 0 Å². The van der Waals surface area contributed by atoms with Gasteiger partial charge in [0.05, 0.1) is 11.9 Å². The van der Waals surface area contributed by atoms with Crippen molar-refractivity contribution < 1.29 is 4.79 Å². The van der Waals surface area contributed by atoms with E-state index in [1.54, 1.807) is 16.9 Å². The van der Waals surface area contributed by atoms with Crippen LogP contribution in [0.4, 0.5) is 22.0 Å². The fourth-order valence-corrected chi connectivity index (χ4v) is 2.53. The molecule has 0 aliphatic rings. The van der Waals surface area contributed by atoms with Crippen LogP contribution >= 0.6 is 0 Å². The standard InChI is InChI=1S/C20H23N5O/c1-2-3-14-21-16-9-11-17(12-10-16)23-20(26)24-19-13-15-22-25(19)18-7-5-4-6-8-18/h4-13,15,21H,2-3,14H2,1H3,(H2,23,24,26). The maximum absolute atomic E-state index is 12.3. The highest BCUT2D eigenvalue weighted by molar-refractivity contribution is 5.99. The lowest BCUT2D eigenvalue weighted by Crippen LogP contribution is -2.21. The zero-order chi connectivity index (χ0) is 18.2. The lowest BCUT2D eigenvalue weighted by atomic mass is 10.2. The molecule has 0 fully saturated rings. The fraction of sp³-hybridized carbons (Fsp3) is 0.200. The van der Waals surface area contributed by atoms with E-state index in [-0.39, 0.29) is 6.03 Å². The number of carbonyl (C=O) groups is 1. The van der Waals surface area contributed by atoms with Gasteiger partial charge in [0.25, 0.3) is 0 Å². The average molecular weight is 349 g/mol. The van der Waals surface area contributed by atoms with E-state index < -0.39 is 0 Å². The molecule has 0 atom stereocenters. The van der Waals surface area contributed by atoms with E-state index in [1.807, 2.05) is 54.6 Å². The summed E-state index contributed by atoms with van der Waals surface area (Å²) in [5, 5.41) is 13.3. The molecule has 0 saturated heterocycles. The highest BCUT2D eigenvalue weighted by Crippen LogP contribution is 2.16. The van der Waals surface area contributed by atoms with Gasteiger partial charge in [0.1, 0.15) is 5.82 Å². The predicted molar refractivity (Wildman–Crippen MR) is 106 cm³/mol. The van der Waals surface area contributed by atoms with Crippen LogP contribution < -0.4 is 16.0 Å². The van der Waals surface area contributed by atoms with Crippen LogP contribution in [-0.4, -0.2) is 22.4 Å². The van der Waals surface area contributed by atoms with Crippen molar-refractivity contribution in [2.75, 3.05) is 22.5 Å². The molecule has 3 rings (SSSR count). The fourth-order valence-electron chi connectivity index (χ4n) is 2.53. The minimum absolute atomic E-state index is 0.311. The second kappa shape index (κ2) is 8.71. The molecule has 0 unspecified atom stereocenters. The summed E-state index contributed by atoms with van der Waals surface area (Å²) in [5.41, 5.74) is 2.66. The molecule has 0 bridgehead atoms. The summed E-state index contributed by atoms with van der Waals surface area (Å²) in [6.07, 6.45) is 3.95. The summed E-state index contributed by atoms with van der Waals surface area (Å²) in [5.74, 6) is 0.603. The maximum Gasteiger partial charge on any atom is 0.324 e. The zero-order valence-corrected chi connectivity index (χ0v) is 14.8. The Morgan fingerprint density at radius 3 is 2.42 bits per heavy atom. The van der Waals surface area contributed by atoms with E-state index in [1.165, 1.54) is 0 Å². The molecule has 0 aliphatic carbocycles. The first kappa shape index (κ1) is 17.5. The van der Waals surface area contributed by atoms with Crippen molar-refractivity contribution in [2.45, 2.75) is 19.8 Å². The van der Waals surface area contributed by atoms with Crippen molar-refractivity contribution in [1.29, 1.82) is 0 Å². The summed E-state index contributed by atoms with van der Waals surface area (Å²) in [6.45, 7) is 3.12. The maximum atomic E-state index is 12.3. The number of nitrogens with one attached hydrogen (secondary N) is 3. The number of aromatic nitrogens is 2. The van der Waals surface area contributed by atoms with E-state index >= 15 is 0 Å². The Kier molecular flexibility index (Phi) is 5.88. The summed E-state index contributed by atoms with van der Waals surface area (Å²) < 4.78 is 1.68. The minimum Gasteiger partial charge on any atom is -0.385 e. The van der Waals surface area contributed by atoms with Gasteiger partial charge in [-0.25, -0.2) is 9.48 Å². The van der Waals surface area contributed by atoms with Gasteiger partial charge in [-0.05, 0) is 42.8 Å². The van der Waals surface area contributed by atoms with E-state index in [0.29, 0.717) is 5.82 Å². The SMILES string of the molecule is CCCCNc1ccc(NC(=O)Nc2ccnn2-c2ccccc2)cc1. The van der Waals surface area contributed by atoms with Crippen molar-refractivity contribution in [2.24, 2.45) is 0 Å². The molecular formula is C20H23N5O. The molecule has 3 N–H and O–H groups in total. The second-order valence-electron chi connectivity index (χ2n) is 5.90. The number of benzene rings is 2. The number of amides is 2. The molecular weight excluding hydrogens is 326 g/mol. The van der Waals surface area contributed by atoms with E-state index in [2.05, 4.69) is 28.0 Å². The van der Waals surface area contributed by atoms with Crippen LogP contribution in [0.3, 0.4) is 0 Å². The summed E-state index contributed by atoms with van der Waals surface area (Å²) >= 11 is 0. The van der Waals surface area contributed by atoms with Crippen LogP contribution in [0.25, 0.3) is 5.69 Å². The predicted octanol–water partition coefficient (Wildman–Crippen LogP) is 4.73. The van der Waals surface area contributed by atoms with Gasteiger partial charge in [-0.1, -0.05) is 31.5 Å². The van der Waals surface area contributed by atoms with Gasteiger partial charge < -0.3 is 10.6 Å². The topological polar surface area (TPSA) is 71.0 Å². The molecule has 0 spiro atoms. The third kappa shape index (κ3) is 4.63. The van der Waals surface area contributed by atoms with Gasteiger partial charge in [-0.15, -0.1) is 0 Å². The first-order chi connectivity index (χ1) is 12.8. The first-order valence-corrected chi connectivity index (χ1v) is 8.77. The molecule has 3 aromatic rings. The van der Waals surface area contributed by atoms with Crippen molar-refractivity contribution >= 4 is 23.2 Å². The van der Waals surface area contributed by atoms with Gasteiger partial charge >= 0.3 is 6.03 Å². The molecule has 0 saturated carbocycles. The highest BCUT2D eigenvalue weighted by atomic mass is 16.2. The Morgan fingerprint density at radius 1 is 0.962 bits per heavy atom. The Morgan fingerprint density at radius 2 is 1.69 bits per heavy atom. The summed E-state index contributed by atoms with van der Waals surface area (Å²) in [6, 6.07) is 18.8. The van der Waals surface area contributed by atoms with Crippen LogP contribution in [0.2, 0.25) is 0 Å². The number of unbranched alkanes of at least 4 members (excludes halogenated alkanes) is 1. The quantitative estimate of drug-likeness (QED) is 0.540. The molecule has 2 aromatic carbocycles. The molecule has 0 aliphatic heterocycles. The van der Waals surface area contributed by atoms with Gasteiger partial charge in [0, 0.05) is 24.0 Å². The number of para-hydroxylation sites is 1. The number of hydrogen-bond acceptors (Lipinski definition) is 3. The van der Waals surface area contributed by atoms with E-state index in [4.69, 9.17) is 0 Å². The van der Waals surface area contributed by atoms with Gasteiger partial charge in [0.15, 0.2) is 0 Å². The van der Waals surface area contributed by atoms with Crippen molar-refractivity contribution in [3.63, 3.8) is 0 Å². The van der Waals surface area contributed by atoms with Gasteiger partial charge in [0.2, 0.25) is 0 Å².